The molecule has 0 aliphatic carbocycles. The second-order valence-electron chi connectivity index (χ2n) is 43.4. The summed E-state index contributed by atoms with van der Waals surface area (Å²) in [7, 11) is 0.916. The molecule has 3 saturated heterocycles. The van der Waals surface area contributed by atoms with Gasteiger partial charge in [-0.05, 0) is 204 Å². The summed E-state index contributed by atoms with van der Waals surface area (Å²) in [5.41, 5.74) is 0.492. The lowest BCUT2D eigenvalue weighted by Crippen LogP contribution is -2.58. The first-order valence-corrected chi connectivity index (χ1v) is 58.8. The van der Waals surface area contributed by atoms with Gasteiger partial charge in [0.1, 0.15) is 71.4 Å². The first-order valence-electron chi connectivity index (χ1n) is 55.9. The van der Waals surface area contributed by atoms with Gasteiger partial charge in [-0.15, -0.1) is 0 Å². The molecule has 6 rings (SSSR count). The highest BCUT2D eigenvalue weighted by Gasteiger charge is 2.46. The largest absolute Gasteiger partial charge is 0.497 e. The Morgan fingerprint density at radius 2 is 0.700 bits per heavy atom. The zero-order valence-corrected chi connectivity index (χ0v) is 95.6. The van der Waals surface area contributed by atoms with E-state index in [2.05, 4.69) is 124 Å². The van der Waals surface area contributed by atoms with Gasteiger partial charge in [-0.2, -0.15) is 0 Å². The van der Waals surface area contributed by atoms with E-state index in [4.69, 9.17) is 85.0 Å². The van der Waals surface area contributed by atoms with Gasteiger partial charge in [0.2, 0.25) is 17.7 Å². The van der Waals surface area contributed by atoms with Crippen LogP contribution in [0.1, 0.15) is 327 Å². The molecule has 0 aromatic heterocycles. The summed E-state index contributed by atoms with van der Waals surface area (Å²) >= 11 is 0. The van der Waals surface area contributed by atoms with Crippen LogP contribution in [0.2, 0.25) is 18.1 Å². The molecule has 0 radical (unpaired) electrons. The molecule has 3 amide bonds. The highest BCUT2D eigenvalue weighted by atomic mass is 28.4. The molecule has 3 heterocycles. The molecule has 3 aromatic rings. The van der Waals surface area contributed by atoms with Crippen molar-refractivity contribution in [2.45, 2.75) is 389 Å². The minimum Gasteiger partial charge on any atom is -0.497 e. The summed E-state index contributed by atoms with van der Waals surface area (Å²) in [6.45, 7) is 38.6. The van der Waals surface area contributed by atoms with Crippen LogP contribution in [0.4, 0.5) is 0 Å². The van der Waals surface area contributed by atoms with E-state index in [9.17, 15) is 52.7 Å². The minimum atomic E-state index is -2.38. The summed E-state index contributed by atoms with van der Waals surface area (Å²) < 4.78 is 110. The zero-order valence-electron chi connectivity index (χ0n) is 94.6. The number of Topliss-reactive ketones (excluding diaryl/α,β-unsaturated/α-hetero) is 5. The number of ether oxygens (including phenoxy) is 17. The van der Waals surface area contributed by atoms with Crippen LogP contribution in [0.3, 0.4) is 0 Å². The van der Waals surface area contributed by atoms with Crippen molar-refractivity contribution in [3.63, 3.8) is 0 Å². The monoisotopic (exact) mass is 2130 g/mol. The second kappa shape index (κ2) is 71.3. The fourth-order valence-corrected chi connectivity index (χ4v) is 20.1. The van der Waals surface area contributed by atoms with Gasteiger partial charge >= 0.3 is 17.9 Å². The van der Waals surface area contributed by atoms with Crippen molar-refractivity contribution in [1.82, 2.24) is 16.0 Å². The number of hydrogen-bond donors (Lipinski definition) is 3. The molecule has 17 unspecified atom stereocenters. The Balaban J connectivity index is 1.05. The van der Waals surface area contributed by atoms with Crippen LogP contribution in [0.25, 0.3) is 0 Å². The fraction of sp³-hybridized carbons (Fsp3) is 0.752. The quantitative estimate of drug-likeness (QED) is 0.0118. The lowest BCUT2D eigenvalue weighted by molar-refractivity contribution is -0.255. The Kier molecular flexibility index (Phi) is 62.2. The number of methoxy groups -OCH3 is 2. The fourth-order valence-electron chi connectivity index (χ4n) is 18.7. The number of rotatable bonds is 81. The smallest absolute Gasteiger partial charge is 0.302 e. The van der Waals surface area contributed by atoms with Crippen molar-refractivity contribution in [3.8, 4) is 11.5 Å². The lowest BCUT2D eigenvalue weighted by Gasteiger charge is -2.43. The van der Waals surface area contributed by atoms with E-state index >= 15 is 0 Å². The molecule has 32 nitrogen and oxygen atoms in total. The van der Waals surface area contributed by atoms with Gasteiger partial charge in [-0.1, -0.05) is 151 Å². The van der Waals surface area contributed by atoms with Crippen molar-refractivity contribution in [2.75, 3.05) is 126 Å². The standard InChI is InChI=1S/C117H189N3O29Si/c1-82-85(4)106(76-141-91(10)121)146-112(88(82)7)138-68-35-32-48-98(124)43-26-22-28-45-101(127)62-72-134-79-116(80-135-73-63-102(128)46-29-23-27-44-99(125)49-33-36-69-139-113-89(8)83(2)86(5)107(147-113)77-142-92(11)122,81-136-74-64-110(130)119-66-40-65-118-109(129)50-34-37-70-140-114-90(9)84(3)87(6)108(148-114)78-143-93(12)123)120-111(131)51-31-30-47-100(126)56-61-105(149-150(19,20)115(14,15)16)75-144-94(13)137-67-38-39-71-145-117(95-41-24-21-25-42-95,96-52-57-103(132-17)58-53-96)97-54-59-104(133-18)60-55-97/h21,24-25,41-42,52-55,57-60,82-90,94,105-108,112-114H,22-23,26-40,43-51,56,61-81H2,1-20H3,(H,118,129)(H,119,130)(H,120,131). The van der Waals surface area contributed by atoms with Gasteiger partial charge in [-0.3, -0.25) is 52.7 Å². The van der Waals surface area contributed by atoms with Gasteiger partial charge in [0.05, 0.1) is 84.9 Å². The first-order chi connectivity index (χ1) is 71.6. The number of nitrogens with one attached hydrogen (secondary N) is 3. The lowest BCUT2D eigenvalue weighted by atomic mass is 9.79. The third-order valence-corrected chi connectivity index (χ3v) is 35.1. The van der Waals surface area contributed by atoms with E-state index in [-0.39, 0.29) is 272 Å². The molecule has 3 aromatic carbocycles. The molecule has 3 N–H and O–H groups in total. The number of carbonyl (C=O) groups excluding carboxylic acids is 11. The predicted octanol–water partition coefficient (Wildman–Crippen LogP) is 19.5. The maximum Gasteiger partial charge on any atom is 0.302 e. The third kappa shape index (κ3) is 49.1. The molecule has 3 aliphatic heterocycles. The Labute approximate surface area is 897 Å². The van der Waals surface area contributed by atoms with E-state index < -0.39 is 50.7 Å². The predicted molar refractivity (Wildman–Crippen MR) is 575 cm³/mol. The average molecular weight is 2130 g/mol. The van der Waals surface area contributed by atoms with Gasteiger partial charge < -0.3 is 101 Å². The van der Waals surface area contributed by atoms with Crippen molar-refractivity contribution >= 4 is 72.9 Å². The van der Waals surface area contributed by atoms with Crippen LogP contribution in [0.5, 0.6) is 11.5 Å². The second-order valence-corrected chi connectivity index (χ2v) is 48.2. The maximum absolute atomic E-state index is 14.5. The van der Waals surface area contributed by atoms with E-state index in [1.54, 1.807) is 14.2 Å². The Morgan fingerprint density at radius 1 is 0.360 bits per heavy atom. The first kappa shape index (κ1) is 131. The summed E-state index contributed by atoms with van der Waals surface area (Å²) in [6.07, 6.45) is 10.5. The summed E-state index contributed by atoms with van der Waals surface area (Å²) in [5.74, 6) is 1.57. The van der Waals surface area contributed by atoms with Gasteiger partial charge in [0.25, 0.3) is 0 Å². The summed E-state index contributed by atoms with van der Waals surface area (Å²) in [6, 6.07) is 26.1. The third-order valence-electron chi connectivity index (χ3n) is 30.6. The van der Waals surface area contributed by atoms with E-state index in [0.29, 0.717) is 181 Å². The molecule has 0 bridgehead atoms. The summed E-state index contributed by atoms with van der Waals surface area (Å²) in [4.78, 5) is 143. The topological polar surface area (TPSA) is 390 Å². The molecular weight excluding hydrogens is 1940 g/mol. The van der Waals surface area contributed by atoms with Crippen molar-refractivity contribution in [2.24, 2.45) is 53.3 Å². The van der Waals surface area contributed by atoms with Crippen molar-refractivity contribution in [1.29, 1.82) is 0 Å². The zero-order chi connectivity index (χ0) is 110. The number of benzene rings is 3. The van der Waals surface area contributed by atoms with Crippen molar-refractivity contribution < 1.29 is 138 Å². The molecule has 3 fully saturated rings. The summed E-state index contributed by atoms with van der Waals surface area (Å²) in [5, 5.41) is 8.85. The number of amides is 3. The molecule has 850 valence electrons. The molecule has 33 heteroatoms. The van der Waals surface area contributed by atoms with E-state index in [0.717, 1.165) is 28.2 Å². The van der Waals surface area contributed by atoms with Crippen LogP contribution in [-0.4, -0.2) is 254 Å². The highest BCUT2D eigenvalue weighted by molar-refractivity contribution is 6.74. The van der Waals surface area contributed by atoms with E-state index in [1.807, 2.05) is 73.7 Å². The number of esters is 3. The average Bonchev–Trinajstić information content (AvgIpc) is 0.750. The molecular formula is C117H189N3O29Si. The van der Waals surface area contributed by atoms with Gasteiger partial charge in [0, 0.05) is 168 Å². The van der Waals surface area contributed by atoms with Crippen molar-refractivity contribution in [3.05, 3.63) is 95.6 Å². The Hall–Kier alpha value is -7.87. The number of unbranched alkanes of at least 4 members (excludes halogenated alkanes) is 9. The Bertz CT molecular complexity index is 4090. The molecule has 150 heavy (non-hydrogen) atoms. The van der Waals surface area contributed by atoms with Crippen LogP contribution in [0.15, 0.2) is 78.9 Å². The molecule has 17 atom stereocenters. The SMILES string of the molecule is COc1ccc(C(OCCCCOC(C)OCC(CCC(=O)CCCCC(=O)NC(COCCC(=O)CCCCCC(=O)CCCCOC2OC(COC(C)=O)C(C)C(C)C2C)(COCCC(=O)CCCCCC(=O)CCCCOC2OC(COC(C)=O)C(C)C(C)C2C)COCCC(=O)NCCCNC(=O)CCCCOC2OC(COC(C)=O)C(C)C(C)C2C)O[Si](C)(C)C(C)(C)C)(c2ccccc2)c2ccc(OC)cc2)cc1. The molecule has 0 spiro atoms. The highest BCUT2D eigenvalue weighted by Crippen LogP contribution is 2.44. The van der Waals surface area contributed by atoms with Gasteiger partial charge in [-0.25, -0.2) is 0 Å². The molecule has 3 aliphatic rings. The van der Waals surface area contributed by atoms with Crippen LogP contribution in [-0.2, 0) is 134 Å². The van der Waals surface area contributed by atoms with Crippen LogP contribution >= 0.6 is 0 Å². The maximum atomic E-state index is 14.5. The normalized spacial score (nSPS) is 21.8. The number of hydrogen-bond acceptors (Lipinski definition) is 29. The molecule has 0 saturated carbocycles. The van der Waals surface area contributed by atoms with Crippen LogP contribution in [0, 0.1) is 53.3 Å². The number of ketones is 5. The Morgan fingerprint density at radius 3 is 1.10 bits per heavy atom. The number of carbonyl (C=O) groups is 11. The van der Waals surface area contributed by atoms with Crippen LogP contribution < -0.4 is 25.4 Å². The van der Waals surface area contributed by atoms with E-state index in [1.165, 1.54) is 20.8 Å². The van der Waals surface area contributed by atoms with Gasteiger partial charge in [0.15, 0.2) is 33.5 Å². The minimum absolute atomic E-state index is 0.00785.